The Labute approximate surface area is 151 Å². The van der Waals surface area contributed by atoms with Gasteiger partial charge in [-0.3, -0.25) is 9.59 Å². The summed E-state index contributed by atoms with van der Waals surface area (Å²) in [6.45, 7) is 1.11. The van der Waals surface area contributed by atoms with Crippen LogP contribution in [0.2, 0.25) is 0 Å². The Balaban J connectivity index is 1.86. The van der Waals surface area contributed by atoms with Crippen LogP contribution < -0.4 is 9.64 Å². The van der Waals surface area contributed by atoms with Crippen molar-refractivity contribution in [1.29, 1.82) is 0 Å². The molecule has 0 bridgehead atoms. The Kier molecular flexibility index (Phi) is 4.22. The van der Waals surface area contributed by atoms with Gasteiger partial charge in [-0.05, 0) is 30.3 Å². The molecule has 2 aromatic rings. The molecule has 0 aromatic heterocycles. The maximum atomic E-state index is 13.5. The first-order valence-electron chi connectivity index (χ1n) is 8.51. The van der Waals surface area contributed by atoms with Gasteiger partial charge in [0, 0.05) is 17.5 Å². The molecule has 6 heteroatoms. The molecular weight excluding hydrogens is 334 g/mol. The fraction of sp³-hybridized carbons (Fsp3) is 0.300. The van der Waals surface area contributed by atoms with Gasteiger partial charge in [0.15, 0.2) is 5.60 Å². The molecule has 2 aliphatic rings. The predicted molar refractivity (Wildman–Crippen MR) is 94.3 cm³/mol. The third kappa shape index (κ3) is 2.50. The molecular formula is C20H19NO5. The molecule has 0 radical (unpaired) electrons. The van der Waals surface area contributed by atoms with E-state index in [9.17, 15) is 9.59 Å². The van der Waals surface area contributed by atoms with Crippen molar-refractivity contribution in [3.63, 3.8) is 0 Å². The minimum Gasteiger partial charge on any atom is -0.497 e. The van der Waals surface area contributed by atoms with Crippen molar-refractivity contribution in [2.75, 3.05) is 31.8 Å². The van der Waals surface area contributed by atoms with Gasteiger partial charge in [-0.15, -0.1) is 0 Å². The first-order valence-corrected chi connectivity index (χ1v) is 8.51. The van der Waals surface area contributed by atoms with E-state index in [2.05, 4.69) is 0 Å². The van der Waals surface area contributed by atoms with Crippen LogP contribution in [0.15, 0.2) is 48.5 Å². The molecule has 1 spiro atoms. The van der Waals surface area contributed by atoms with E-state index < -0.39 is 5.60 Å². The standard InChI is InChI=1S/C20H19NO5/c1-24-15-8-6-14(7-9-15)21-18(22)16-4-2-3-5-17(16)20(19(21)23)10-11-25-12-13-26-20/h2-9H,10-13H2,1H3. The topological polar surface area (TPSA) is 65.1 Å². The number of benzene rings is 2. The van der Waals surface area contributed by atoms with E-state index in [1.165, 1.54) is 4.90 Å². The van der Waals surface area contributed by atoms with E-state index >= 15 is 0 Å². The van der Waals surface area contributed by atoms with Crippen LogP contribution in [-0.2, 0) is 19.9 Å². The average Bonchev–Trinajstić information content (AvgIpc) is 2.94. The van der Waals surface area contributed by atoms with E-state index in [0.29, 0.717) is 48.8 Å². The molecule has 1 fully saturated rings. The van der Waals surface area contributed by atoms with Gasteiger partial charge in [-0.1, -0.05) is 18.2 Å². The van der Waals surface area contributed by atoms with Gasteiger partial charge in [-0.2, -0.15) is 0 Å². The Bertz CT molecular complexity index is 838. The Morgan fingerprint density at radius 1 is 1.00 bits per heavy atom. The Morgan fingerprint density at radius 3 is 2.54 bits per heavy atom. The molecule has 134 valence electrons. The van der Waals surface area contributed by atoms with Crippen molar-refractivity contribution in [3.05, 3.63) is 59.7 Å². The number of carbonyl (C=O) groups is 2. The number of imide groups is 1. The lowest BCUT2D eigenvalue weighted by Gasteiger charge is -2.40. The molecule has 0 aliphatic carbocycles. The number of fused-ring (bicyclic) bond motifs is 2. The number of anilines is 1. The largest absolute Gasteiger partial charge is 0.497 e. The second kappa shape index (κ2) is 6.55. The lowest BCUT2D eigenvalue weighted by molar-refractivity contribution is -0.145. The zero-order valence-electron chi connectivity index (χ0n) is 14.4. The number of amides is 2. The molecule has 2 aromatic carbocycles. The summed E-state index contributed by atoms with van der Waals surface area (Å²) in [5.74, 6) is -0.0769. The molecule has 26 heavy (non-hydrogen) atoms. The van der Waals surface area contributed by atoms with Crippen molar-refractivity contribution >= 4 is 17.5 Å². The lowest BCUT2D eigenvalue weighted by Crippen LogP contribution is -2.56. The van der Waals surface area contributed by atoms with Crippen LogP contribution in [0.25, 0.3) is 0 Å². The highest BCUT2D eigenvalue weighted by molar-refractivity contribution is 6.27. The SMILES string of the molecule is COc1ccc(N2C(=O)c3ccccc3C3(CCOCCO3)C2=O)cc1. The first-order chi connectivity index (χ1) is 12.7. The van der Waals surface area contributed by atoms with Gasteiger partial charge in [0.25, 0.3) is 11.8 Å². The van der Waals surface area contributed by atoms with E-state index in [4.69, 9.17) is 14.2 Å². The molecule has 4 rings (SSSR count). The highest BCUT2D eigenvalue weighted by Gasteiger charge is 2.52. The number of nitrogens with zero attached hydrogens (tertiary/aromatic N) is 1. The van der Waals surface area contributed by atoms with Crippen LogP contribution >= 0.6 is 0 Å². The molecule has 2 aliphatic heterocycles. The smallest absolute Gasteiger partial charge is 0.271 e. The number of rotatable bonds is 2. The van der Waals surface area contributed by atoms with E-state index in [1.54, 1.807) is 49.6 Å². The van der Waals surface area contributed by atoms with Gasteiger partial charge in [0.2, 0.25) is 0 Å². The fourth-order valence-electron chi connectivity index (χ4n) is 3.54. The summed E-state index contributed by atoms with van der Waals surface area (Å²) in [4.78, 5) is 27.8. The van der Waals surface area contributed by atoms with Crippen LogP contribution in [-0.4, -0.2) is 38.7 Å². The molecule has 6 nitrogen and oxygen atoms in total. The van der Waals surface area contributed by atoms with Crippen molar-refractivity contribution < 1.29 is 23.8 Å². The summed E-state index contributed by atoms with van der Waals surface area (Å²) in [7, 11) is 1.57. The Hall–Kier alpha value is -2.70. The number of hydrogen-bond acceptors (Lipinski definition) is 5. The Morgan fingerprint density at radius 2 is 1.77 bits per heavy atom. The third-order valence-electron chi connectivity index (χ3n) is 4.85. The second-order valence-corrected chi connectivity index (χ2v) is 6.23. The normalized spacial score (nSPS) is 22.9. The zero-order valence-corrected chi connectivity index (χ0v) is 14.4. The van der Waals surface area contributed by atoms with E-state index in [0.717, 1.165) is 0 Å². The van der Waals surface area contributed by atoms with Crippen LogP contribution in [0.4, 0.5) is 5.69 Å². The average molecular weight is 353 g/mol. The fourth-order valence-corrected chi connectivity index (χ4v) is 3.54. The molecule has 1 saturated heterocycles. The van der Waals surface area contributed by atoms with Crippen LogP contribution in [0, 0.1) is 0 Å². The van der Waals surface area contributed by atoms with Gasteiger partial charge in [0.05, 0.1) is 32.6 Å². The lowest BCUT2D eigenvalue weighted by atomic mass is 9.81. The van der Waals surface area contributed by atoms with E-state index in [1.807, 2.05) is 6.07 Å². The van der Waals surface area contributed by atoms with Crippen LogP contribution in [0.1, 0.15) is 22.3 Å². The molecule has 2 amide bonds. The van der Waals surface area contributed by atoms with Gasteiger partial charge < -0.3 is 14.2 Å². The summed E-state index contributed by atoms with van der Waals surface area (Å²) in [5, 5.41) is 0. The minimum atomic E-state index is -1.21. The molecule has 1 atom stereocenters. The van der Waals surface area contributed by atoms with Crippen molar-refractivity contribution in [1.82, 2.24) is 0 Å². The highest BCUT2D eigenvalue weighted by Crippen LogP contribution is 2.41. The number of methoxy groups -OCH3 is 1. The van der Waals surface area contributed by atoms with Gasteiger partial charge in [0.1, 0.15) is 5.75 Å². The number of hydrogen-bond donors (Lipinski definition) is 0. The van der Waals surface area contributed by atoms with Crippen molar-refractivity contribution in [2.24, 2.45) is 0 Å². The zero-order chi connectivity index (χ0) is 18.1. The maximum Gasteiger partial charge on any atom is 0.271 e. The quantitative estimate of drug-likeness (QED) is 0.776. The van der Waals surface area contributed by atoms with Crippen molar-refractivity contribution in [2.45, 2.75) is 12.0 Å². The maximum absolute atomic E-state index is 13.5. The molecule has 0 saturated carbocycles. The second-order valence-electron chi connectivity index (χ2n) is 6.23. The van der Waals surface area contributed by atoms with E-state index in [-0.39, 0.29) is 11.8 Å². The summed E-state index contributed by atoms with van der Waals surface area (Å²) in [6, 6.07) is 14.0. The number of carbonyl (C=O) groups excluding carboxylic acids is 2. The van der Waals surface area contributed by atoms with Crippen LogP contribution in [0.3, 0.4) is 0 Å². The van der Waals surface area contributed by atoms with Crippen molar-refractivity contribution in [3.8, 4) is 5.75 Å². The van der Waals surface area contributed by atoms with Gasteiger partial charge >= 0.3 is 0 Å². The van der Waals surface area contributed by atoms with Crippen LogP contribution in [0.5, 0.6) is 5.75 Å². The number of ether oxygens (including phenoxy) is 3. The molecule has 1 unspecified atom stereocenters. The minimum absolute atomic E-state index is 0.296. The monoisotopic (exact) mass is 353 g/mol. The highest BCUT2D eigenvalue weighted by atomic mass is 16.6. The molecule has 0 N–H and O–H groups in total. The first kappa shape index (κ1) is 16.8. The molecule has 2 heterocycles. The summed E-state index contributed by atoms with van der Waals surface area (Å²) in [5.41, 5.74) is 0.375. The summed E-state index contributed by atoms with van der Waals surface area (Å²) >= 11 is 0. The summed E-state index contributed by atoms with van der Waals surface area (Å²) < 4.78 is 16.7. The predicted octanol–water partition coefficient (Wildman–Crippen LogP) is 2.51. The summed E-state index contributed by atoms with van der Waals surface area (Å²) in [6.07, 6.45) is 0.364. The third-order valence-corrected chi connectivity index (χ3v) is 4.85. The van der Waals surface area contributed by atoms with Gasteiger partial charge in [-0.25, -0.2) is 4.90 Å².